The molecule has 2 nitrogen and oxygen atoms in total. The van der Waals surface area contributed by atoms with E-state index in [9.17, 15) is 0 Å². The normalized spacial score (nSPS) is 11.0. The van der Waals surface area contributed by atoms with Gasteiger partial charge in [-0.15, -0.1) is 0 Å². The van der Waals surface area contributed by atoms with Crippen LogP contribution in [0.4, 0.5) is 0 Å². The van der Waals surface area contributed by atoms with E-state index in [-0.39, 0.29) is 0 Å². The molecule has 0 fully saturated rings. The second-order valence-electron chi connectivity index (χ2n) is 7.00. The van der Waals surface area contributed by atoms with Crippen molar-refractivity contribution in [3.63, 3.8) is 0 Å². The van der Waals surface area contributed by atoms with Gasteiger partial charge in [0.25, 0.3) is 0 Å². The van der Waals surface area contributed by atoms with E-state index in [0.717, 1.165) is 48.1 Å². The van der Waals surface area contributed by atoms with Crippen molar-refractivity contribution in [3.8, 4) is 33.6 Å². The molecule has 0 aliphatic carbocycles. The number of halogens is 2. The van der Waals surface area contributed by atoms with E-state index in [0.29, 0.717) is 0 Å². The summed E-state index contributed by atoms with van der Waals surface area (Å²) in [6.45, 7) is 0. The van der Waals surface area contributed by atoms with Crippen LogP contribution in [0.1, 0.15) is 0 Å². The molecule has 1 heterocycles. The van der Waals surface area contributed by atoms with Crippen molar-refractivity contribution in [2.24, 2.45) is 0 Å². The molecule has 144 valence electrons. The van der Waals surface area contributed by atoms with Crippen molar-refractivity contribution in [3.05, 3.63) is 106 Å². The second kappa shape index (κ2) is 8.13. The van der Waals surface area contributed by atoms with E-state index in [2.05, 4.69) is 98.6 Å². The van der Waals surface area contributed by atoms with E-state index in [1.54, 1.807) is 0 Å². The highest BCUT2D eigenvalue weighted by Gasteiger charge is 2.14. The molecule has 0 aliphatic rings. The van der Waals surface area contributed by atoms with Gasteiger partial charge in [-0.25, -0.2) is 9.97 Å². The molecule has 1 aromatic heterocycles. The predicted octanol–water partition coefficient (Wildman–Crippen LogP) is 8.16. The number of benzene rings is 4. The summed E-state index contributed by atoms with van der Waals surface area (Å²) in [7, 11) is 0. The van der Waals surface area contributed by atoms with Crippen LogP contribution >= 0.6 is 31.9 Å². The molecule has 0 saturated heterocycles. The zero-order valence-corrected chi connectivity index (χ0v) is 19.1. The Hall–Kier alpha value is -2.82. The number of rotatable bonds is 3. The molecular formula is C26H16Br2N2. The van der Waals surface area contributed by atoms with Gasteiger partial charge in [-0.2, -0.15) is 0 Å². The largest absolute Gasteiger partial charge is 0.244 e. The third-order valence-electron chi connectivity index (χ3n) is 5.01. The maximum Gasteiger partial charge on any atom is 0.0973 e. The average molecular weight is 516 g/mol. The smallest absolute Gasteiger partial charge is 0.0973 e. The van der Waals surface area contributed by atoms with Crippen molar-refractivity contribution in [2.45, 2.75) is 0 Å². The Bertz CT molecular complexity index is 1330. The highest BCUT2D eigenvalue weighted by Crippen LogP contribution is 2.33. The van der Waals surface area contributed by atoms with Gasteiger partial charge in [-0.3, -0.25) is 0 Å². The quantitative estimate of drug-likeness (QED) is 0.242. The van der Waals surface area contributed by atoms with Gasteiger partial charge in [0.2, 0.25) is 0 Å². The van der Waals surface area contributed by atoms with Crippen LogP contribution in [0.2, 0.25) is 0 Å². The Labute approximate surface area is 191 Å². The van der Waals surface area contributed by atoms with Crippen molar-refractivity contribution < 1.29 is 0 Å². The maximum absolute atomic E-state index is 5.07. The molecule has 0 aliphatic heterocycles. The number of aromatic nitrogens is 2. The topological polar surface area (TPSA) is 25.8 Å². The molecule has 0 bridgehead atoms. The summed E-state index contributed by atoms with van der Waals surface area (Å²) in [4.78, 5) is 10.1. The molecule has 4 heteroatoms. The van der Waals surface area contributed by atoms with E-state index >= 15 is 0 Å². The van der Waals surface area contributed by atoms with Gasteiger partial charge in [-0.05, 0) is 47.5 Å². The van der Waals surface area contributed by atoms with Crippen LogP contribution in [0, 0.1) is 0 Å². The van der Waals surface area contributed by atoms with Crippen LogP contribution < -0.4 is 0 Å². The molecule has 0 atom stereocenters. The Morgan fingerprint density at radius 2 is 0.933 bits per heavy atom. The molecule has 5 aromatic rings. The van der Waals surface area contributed by atoms with Crippen LogP contribution in [0.3, 0.4) is 0 Å². The Morgan fingerprint density at radius 1 is 0.433 bits per heavy atom. The molecule has 0 unspecified atom stereocenters. The van der Waals surface area contributed by atoms with Gasteiger partial charge in [0.1, 0.15) is 0 Å². The standard InChI is InChI=1S/C26H16Br2N2/c27-21-11-6-18(7-12-21)25-26(19-8-13-22(28)14-9-19)30-24-16-20(10-15-23(24)29-25)17-4-2-1-3-5-17/h1-16H. The maximum atomic E-state index is 5.07. The lowest BCUT2D eigenvalue weighted by molar-refractivity contribution is 1.29. The van der Waals surface area contributed by atoms with Crippen molar-refractivity contribution in [2.75, 3.05) is 0 Å². The van der Waals surface area contributed by atoms with Crippen LogP contribution in [-0.4, -0.2) is 9.97 Å². The lowest BCUT2D eigenvalue weighted by atomic mass is 10.0. The first kappa shape index (κ1) is 19.2. The van der Waals surface area contributed by atoms with Gasteiger partial charge >= 0.3 is 0 Å². The SMILES string of the molecule is Brc1ccc(-c2nc3ccc(-c4ccccc4)cc3nc2-c2ccc(Br)cc2)cc1. The lowest BCUT2D eigenvalue weighted by Gasteiger charge is -2.12. The summed E-state index contributed by atoms with van der Waals surface area (Å²) in [6, 6.07) is 33.1. The Balaban J connectivity index is 1.74. The van der Waals surface area contributed by atoms with Crippen LogP contribution in [0.15, 0.2) is 106 Å². The summed E-state index contributed by atoms with van der Waals surface area (Å²) in [5.41, 5.74) is 7.91. The first-order valence-corrected chi connectivity index (χ1v) is 11.1. The van der Waals surface area contributed by atoms with Crippen molar-refractivity contribution in [1.82, 2.24) is 9.97 Å². The third-order valence-corrected chi connectivity index (χ3v) is 6.06. The van der Waals surface area contributed by atoms with Crippen LogP contribution in [0.25, 0.3) is 44.7 Å². The molecule has 0 spiro atoms. The first-order valence-electron chi connectivity index (χ1n) is 9.56. The van der Waals surface area contributed by atoms with Crippen LogP contribution in [-0.2, 0) is 0 Å². The Morgan fingerprint density at radius 3 is 1.50 bits per heavy atom. The number of fused-ring (bicyclic) bond motifs is 1. The molecule has 0 amide bonds. The zero-order valence-electron chi connectivity index (χ0n) is 15.9. The van der Waals surface area contributed by atoms with E-state index < -0.39 is 0 Å². The van der Waals surface area contributed by atoms with Crippen LogP contribution in [0.5, 0.6) is 0 Å². The second-order valence-corrected chi connectivity index (χ2v) is 8.84. The van der Waals surface area contributed by atoms with Gasteiger partial charge in [0.05, 0.1) is 22.4 Å². The lowest BCUT2D eigenvalue weighted by Crippen LogP contribution is -1.96. The summed E-state index contributed by atoms with van der Waals surface area (Å²) in [5, 5.41) is 0. The van der Waals surface area contributed by atoms with Gasteiger partial charge in [-0.1, -0.05) is 92.5 Å². The van der Waals surface area contributed by atoms with Crippen molar-refractivity contribution in [1.29, 1.82) is 0 Å². The molecular weight excluding hydrogens is 500 g/mol. The highest BCUT2D eigenvalue weighted by atomic mass is 79.9. The van der Waals surface area contributed by atoms with E-state index in [1.165, 1.54) is 5.56 Å². The van der Waals surface area contributed by atoms with Gasteiger partial charge < -0.3 is 0 Å². The molecule has 0 N–H and O–H groups in total. The predicted molar refractivity (Wildman–Crippen MR) is 131 cm³/mol. The number of hydrogen-bond acceptors (Lipinski definition) is 2. The third kappa shape index (κ3) is 3.81. The molecule has 30 heavy (non-hydrogen) atoms. The van der Waals surface area contributed by atoms with E-state index in [1.807, 2.05) is 30.3 Å². The highest BCUT2D eigenvalue weighted by molar-refractivity contribution is 9.10. The fourth-order valence-corrected chi connectivity index (χ4v) is 4.01. The van der Waals surface area contributed by atoms with Gasteiger partial charge in [0, 0.05) is 20.1 Å². The molecule has 0 radical (unpaired) electrons. The first-order chi connectivity index (χ1) is 14.7. The summed E-state index contributed by atoms with van der Waals surface area (Å²) in [6.07, 6.45) is 0. The molecule has 5 rings (SSSR count). The zero-order chi connectivity index (χ0) is 20.5. The summed E-state index contributed by atoms with van der Waals surface area (Å²) in [5.74, 6) is 0. The van der Waals surface area contributed by atoms with Gasteiger partial charge in [0.15, 0.2) is 0 Å². The van der Waals surface area contributed by atoms with Crippen molar-refractivity contribution >= 4 is 42.9 Å². The minimum Gasteiger partial charge on any atom is -0.244 e. The summed E-state index contributed by atoms with van der Waals surface area (Å²) >= 11 is 7.04. The average Bonchev–Trinajstić information content (AvgIpc) is 2.79. The van der Waals surface area contributed by atoms with E-state index in [4.69, 9.17) is 9.97 Å². The number of nitrogens with zero attached hydrogens (tertiary/aromatic N) is 2. The summed E-state index contributed by atoms with van der Waals surface area (Å²) < 4.78 is 2.08. The minimum absolute atomic E-state index is 0.877. The number of hydrogen-bond donors (Lipinski definition) is 0. The monoisotopic (exact) mass is 514 g/mol. The Kier molecular flexibility index (Phi) is 5.19. The fourth-order valence-electron chi connectivity index (χ4n) is 3.48. The molecule has 4 aromatic carbocycles. The minimum atomic E-state index is 0.877. The fraction of sp³-hybridized carbons (Fsp3) is 0. The molecule has 0 saturated carbocycles.